The second kappa shape index (κ2) is 9.77. The number of carbonyl (C=O) groups is 2. The number of rotatable bonds is 6. The Bertz CT molecular complexity index is 912. The number of benzene rings is 1. The Morgan fingerprint density at radius 3 is 2.32 bits per heavy atom. The highest BCUT2D eigenvalue weighted by Crippen LogP contribution is 2.22. The molecule has 31 heavy (non-hydrogen) atoms. The zero-order valence-electron chi connectivity index (χ0n) is 17.6. The summed E-state index contributed by atoms with van der Waals surface area (Å²) in [7, 11) is -4.35. The van der Waals surface area contributed by atoms with E-state index in [-0.39, 0.29) is 38.3 Å². The number of amides is 2. The number of nitrogens with zero attached hydrogens (tertiary/aromatic N) is 2. The van der Waals surface area contributed by atoms with Crippen molar-refractivity contribution in [2.75, 3.05) is 36.8 Å². The monoisotopic (exact) mass is 463 g/mol. The van der Waals surface area contributed by atoms with Gasteiger partial charge in [-0.15, -0.1) is 0 Å². The van der Waals surface area contributed by atoms with Crippen molar-refractivity contribution in [3.05, 3.63) is 29.8 Å². The first-order valence-electron chi connectivity index (χ1n) is 9.68. The first-order valence-corrected chi connectivity index (χ1v) is 11.3. The largest absolute Gasteiger partial charge is 0.444 e. The Hall–Kier alpha value is -2.47. The van der Waals surface area contributed by atoms with Crippen molar-refractivity contribution in [2.24, 2.45) is 0 Å². The molecule has 1 aliphatic rings. The molecule has 0 radical (unpaired) electrons. The lowest BCUT2D eigenvalue weighted by Gasteiger charge is -2.37. The molecular formula is C19H27F2N3O6S. The zero-order chi connectivity index (χ0) is 23.4. The summed E-state index contributed by atoms with van der Waals surface area (Å²) in [6.07, 6.45) is -1.24. The van der Waals surface area contributed by atoms with Crippen LogP contribution in [-0.4, -0.2) is 73.4 Å². The molecule has 1 atom stereocenters. The Labute approximate surface area is 180 Å². The number of anilines is 1. The Kier molecular flexibility index (Phi) is 7.82. The minimum Gasteiger partial charge on any atom is -0.444 e. The molecule has 1 fully saturated rings. The maximum atomic E-state index is 14.0. The lowest BCUT2D eigenvalue weighted by molar-refractivity contribution is -0.133. The number of alkyl carbamates (subject to hydrolysis) is 1. The number of hydrogen-bond acceptors (Lipinski definition) is 6. The third kappa shape index (κ3) is 7.94. The van der Waals surface area contributed by atoms with Crippen LogP contribution in [0, 0.1) is 11.6 Å². The average molecular weight is 464 g/mol. The average Bonchev–Trinajstić information content (AvgIpc) is 2.62. The zero-order valence-corrected chi connectivity index (χ0v) is 18.4. The van der Waals surface area contributed by atoms with E-state index in [0.717, 1.165) is 12.1 Å². The Morgan fingerprint density at radius 1 is 1.19 bits per heavy atom. The summed E-state index contributed by atoms with van der Waals surface area (Å²) >= 11 is 0. The van der Waals surface area contributed by atoms with E-state index in [1.54, 1.807) is 25.7 Å². The Balaban J connectivity index is 2.05. The summed E-state index contributed by atoms with van der Waals surface area (Å²) in [5.74, 6) is -2.67. The van der Waals surface area contributed by atoms with Gasteiger partial charge in [0.15, 0.2) is 0 Å². The molecule has 1 saturated heterocycles. The van der Waals surface area contributed by atoms with E-state index >= 15 is 0 Å². The second-order valence-electron chi connectivity index (χ2n) is 8.18. The quantitative estimate of drug-likeness (QED) is 0.618. The SMILES string of the molecule is CC(C)(C)OC(=O)NC(CCS(=O)(=O)O)C(=O)N1CCN(c2ccc(F)cc2F)CC1. The van der Waals surface area contributed by atoms with E-state index in [1.807, 2.05) is 0 Å². The van der Waals surface area contributed by atoms with Crippen LogP contribution in [0.5, 0.6) is 0 Å². The molecule has 12 heteroatoms. The van der Waals surface area contributed by atoms with Gasteiger partial charge in [-0.3, -0.25) is 9.35 Å². The van der Waals surface area contributed by atoms with Crippen LogP contribution in [0.3, 0.4) is 0 Å². The molecule has 0 bridgehead atoms. The first-order chi connectivity index (χ1) is 14.2. The summed E-state index contributed by atoms with van der Waals surface area (Å²) in [4.78, 5) is 28.1. The van der Waals surface area contributed by atoms with Gasteiger partial charge in [-0.05, 0) is 39.3 Å². The number of piperazine rings is 1. The molecular weight excluding hydrogens is 436 g/mol. The van der Waals surface area contributed by atoms with Crippen molar-refractivity contribution in [1.82, 2.24) is 10.2 Å². The van der Waals surface area contributed by atoms with Gasteiger partial charge in [0.2, 0.25) is 5.91 Å². The smallest absolute Gasteiger partial charge is 0.408 e. The third-order valence-corrected chi connectivity index (χ3v) is 5.25. The minimum atomic E-state index is -4.35. The van der Waals surface area contributed by atoms with Gasteiger partial charge in [0.25, 0.3) is 10.1 Å². The van der Waals surface area contributed by atoms with Crippen LogP contribution in [0.1, 0.15) is 27.2 Å². The van der Waals surface area contributed by atoms with Crippen LogP contribution >= 0.6 is 0 Å². The molecule has 1 aliphatic heterocycles. The van der Waals surface area contributed by atoms with Crippen molar-refractivity contribution in [1.29, 1.82) is 0 Å². The fraction of sp³-hybridized carbons (Fsp3) is 0.579. The van der Waals surface area contributed by atoms with E-state index in [9.17, 15) is 26.8 Å². The molecule has 0 aromatic heterocycles. The molecule has 1 heterocycles. The van der Waals surface area contributed by atoms with E-state index < -0.39 is 51.1 Å². The number of carbonyl (C=O) groups excluding carboxylic acids is 2. The molecule has 174 valence electrons. The van der Waals surface area contributed by atoms with Crippen LogP contribution in [-0.2, 0) is 19.6 Å². The van der Waals surface area contributed by atoms with Crippen molar-refractivity contribution >= 4 is 27.8 Å². The fourth-order valence-electron chi connectivity index (χ4n) is 3.10. The molecule has 1 aromatic rings. The van der Waals surface area contributed by atoms with Gasteiger partial charge in [0, 0.05) is 32.2 Å². The summed E-state index contributed by atoms with van der Waals surface area (Å²) in [6, 6.07) is 2.02. The van der Waals surface area contributed by atoms with E-state index in [4.69, 9.17) is 9.29 Å². The topological polar surface area (TPSA) is 116 Å². The van der Waals surface area contributed by atoms with Crippen LogP contribution in [0.4, 0.5) is 19.3 Å². The van der Waals surface area contributed by atoms with Crippen LogP contribution < -0.4 is 10.2 Å². The highest BCUT2D eigenvalue weighted by molar-refractivity contribution is 7.85. The number of halogens is 2. The summed E-state index contributed by atoms with van der Waals surface area (Å²) in [6.45, 7) is 5.76. The van der Waals surface area contributed by atoms with Crippen LogP contribution in [0.25, 0.3) is 0 Å². The summed E-state index contributed by atoms with van der Waals surface area (Å²) in [5, 5.41) is 2.36. The molecule has 0 saturated carbocycles. The molecule has 9 nitrogen and oxygen atoms in total. The normalized spacial score (nSPS) is 16.1. The lowest BCUT2D eigenvalue weighted by Crippen LogP contribution is -2.55. The van der Waals surface area contributed by atoms with Crippen LogP contribution in [0.2, 0.25) is 0 Å². The van der Waals surface area contributed by atoms with Gasteiger partial charge in [0.1, 0.15) is 23.3 Å². The maximum absolute atomic E-state index is 14.0. The predicted octanol–water partition coefficient (Wildman–Crippen LogP) is 1.78. The van der Waals surface area contributed by atoms with Gasteiger partial charge in [-0.1, -0.05) is 0 Å². The molecule has 1 aromatic carbocycles. The molecule has 1 unspecified atom stereocenters. The minimum absolute atomic E-state index is 0.175. The highest BCUT2D eigenvalue weighted by atomic mass is 32.2. The molecule has 2 N–H and O–H groups in total. The van der Waals surface area contributed by atoms with E-state index in [2.05, 4.69) is 5.32 Å². The van der Waals surface area contributed by atoms with Crippen LogP contribution in [0.15, 0.2) is 18.2 Å². The van der Waals surface area contributed by atoms with Crippen molar-refractivity contribution in [3.63, 3.8) is 0 Å². The van der Waals surface area contributed by atoms with E-state index in [1.165, 1.54) is 11.0 Å². The number of hydrogen-bond donors (Lipinski definition) is 2. The first kappa shape index (κ1) is 24.8. The number of ether oxygens (including phenoxy) is 1. The summed E-state index contributed by atoms with van der Waals surface area (Å²) < 4.78 is 63.5. The van der Waals surface area contributed by atoms with Gasteiger partial charge in [-0.25, -0.2) is 13.6 Å². The number of nitrogens with one attached hydrogen (secondary N) is 1. The lowest BCUT2D eigenvalue weighted by atomic mass is 10.1. The molecule has 2 rings (SSSR count). The molecule has 2 amide bonds. The Morgan fingerprint density at radius 2 is 1.81 bits per heavy atom. The molecule has 0 aliphatic carbocycles. The summed E-state index contributed by atoms with van der Waals surface area (Å²) in [5.41, 5.74) is -0.616. The van der Waals surface area contributed by atoms with Crippen molar-refractivity contribution in [2.45, 2.75) is 38.8 Å². The van der Waals surface area contributed by atoms with Gasteiger partial charge < -0.3 is 19.9 Å². The van der Waals surface area contributed by atoms with E-state index in [0.29, 0.717) is 0 Å². The second-order valence-corrected chi connectivity index (χ2v) is 9.75. The van der Waals surface area contributed by atoms with Crippen molar-refractivity contribution < 1.29 is 36.1 Å². The van der Waals surface area contributed by atoms with Gasteiger partial charge in [0.05, 0.1) is 11.4 Å². The highest BCUT2D eigenvalue weighted by Gasteiger charge is 2.31. The standard InChI is InChI=1S/C19H27F2N3O6S/c1-19(2,3)30-18(26)22-15(6-11-31(27,28)29)17(25)24-9-7-23(8-10-24)16-5-4-13(20)12-14(16)21/h4-5,12,15H,6-11H2,1-3H3,(H,22,26)(H,27,28,29). The maximum Gasteiger partial charge on any atom is 0.408 e. The predicted molar refractivity (Wildman–Crippen MR) is 109 cm³/mol. The molecule has 0 spiro atoms. The van der Waals surface area contributed by atoms with Crippen molar-refractivity contribution in [3.8, 4) is 0 Å². The van der Waals surface area contributed by atoms with Gasteiger partial charge >= 0.3 is 6.09 Å². The fourth-order valence-corrected chi connectivity index (χ4v) is 3.63. The third-order valence-electron chi connectivity index (χ3n) is 4.50. The van der Waals surface area contributed by atoms with Gasteiger partial charge in [-0.2, -0.15) is 8.42 Å².